The van der Waals surface area contributed by atoms with Crippen molar-refractivity contribution < 1.29 is 23.2 Å². The molecule has 0 amide bonds. The molecule has 1 unspecified atom stereocenters. The summed E-state index contributed by atoms with van der Waals surface area (Å²) in [5.41, 5.74) is 1.22. The Hall–Kier alpha value is -1.99. The van der Waals surface area contributed by atoms with E-state index in [-0.39, 0.29) is 24.5 Å². The molecule has 0 spiro atoms. The van der Waals surface area contributed by atoms with Crippen LogP contribution in [0, 0.1) is 0 Å². The van der Waals surface area contributed by atoms with Gasteiger partial charge in [-0.3, -0.25) is 0 Å². The van der Waals surface area contributed by atoms with Gasteiger partial charge in [0.05, 0.1) is 27.9 Å². The minimum atomic E-state index is -0.742. The Morgan fingerprint density at radius 2 is 1.75 bits per heavy atom. The Morgan fingerprint density at radius 1 is 1.08 bits per heavy atom. The number of carbonyl (C=O) groups excluding carboxylic acids is 2. The summed E-state index contributed by atoms with van der Waals surface area (Å²) in [6, 6.07) is 9.83. The second kappa shape index (κ2) is 7.27. The average molecular weight is 364 g/mol. The fraction of sp³-hybridized carbons (Fsp3) is 0.235. The van der Waals surface area contributed by atoms with Crippen molar-refractivity contribution in [3.63, 3.8) is 0 Å². The Labute approximate surface area is 146 Å². The summed E-state index contributed by atoms with van der Waals surface area (Å²) >= 11 is 0. The summed E-state index contributed by atoms with van der Waals surface area (Å²) in [5, 5.41) is 0. The third-order valence-electron chi connectivity index (χ3n) is 3.24. The van der Waals surface area contributed by atoms with E-state index in [2.05, 4.69) is 0 Å². The van der Waals surface area contributed by atoms with E-state index in [9.17, 15) is 9.59 Å². The molecule has 0 saturated heterocycles. The predicted molar refractivity (Wildman–Crippen MR) is 96.0 cm³/mol. The van der Waals surface area contributed by atoms with E-state index in [0.29, 0.717) is 4.86 Å². The number of rotatable bonds is 5. The van der Waals surface area contributed by atoms with E-state index in [1.54, 1.807) is 13.8 Å². The Balaban J connectivity index is 1.96. The van der Waals surface area contributed by atoms with Gasteiger partial charge in [-0.25, -0.2) is 9.59 Å². The van der Waals surface area contributed by atoms with Crippen LogP contribution < -0.4 is 0 Å². The van der Waals surface area contributed by atoms with Gasteiger partial charge in [-0.1, -0.05) is 30.3 Å². The largest absolute Gasteiger partial charge is 0.462 e. The number of esters is 2. The quantitative estimate of drug-likeness (QED) is 0.453. The molecule has 0 aliphatic carbocycles. The summed E-state index contributed by atoms with van der Waals surface area (Å²) in [6.07, 6.45) is 1.89. The third-order valence-corrected chi connectivity index (χ3v) is 6.66. The van der Waals surface area contributed by atoms with Gasteiger partial charge in [0.2, 0.25) is 5.76 Å². The lowest BCUT2D eigenvalue weighted by molar-refractivity contribution is -0.143. The molecule has 2 heterocycles. The summed E-state index contributed by atoms with van der Waals surface area (Å²) in [6.45, 7) is 3.86. The normalized spacial score (nSPS) is 18.8. The number of hydrogen-bond donors (Lipinski definition) is 0. The number of carbonyl (C=O) groups is 2. The molecule has 24 heavy (non-hydrogen) atoms. The topological polar surface area (TPSA) is 61.8 Å². The number of allylic oxidation sites excluding steroid dienone is 1. The molecular formula is C17H16O5S2. The molecule has 1 aromatic carbocycles. The van der Waals surface area contributed by atoms with Gasteiger partial charge in [0.1, 0.15) is 5.57 Å². The van der Waals surface area contributed by atoms with E-state index in [1.165, 1.54) is 10.8 Å². The second-order valence-electron chi connectivity index (χ2n) is 4.79. The van der Waals surface area contributed by atoms with Crippen molar-refractivity contribution in [3.05, 3.63) is 53.3 Å². The molecule has 2 aliphatic rings. The highest BCUT2D eigenvalue weighted by molar-refractivity contribution is 8.86. The molecule has 1 aromatic rings. The maximum Gasteiger partial charge on any atom is 0.376 e. The Bertz CT molecular complexity index is 777. The number of ether oxygens (including phenoxy) is 2. The minimum Gasteiger partial charge on any atom is -0.462 e. The second-order valence-corrected chi connectivity index (χ2v) is 7.88. The molecule has 2 aliphatic heterocycles. The van der Waals surface area contributed by atoms with Crippen LogP contribution in [0.4, 0.5) is 0 Å². The van der Waals surface area contributed by atoms with Gasteiger partial charge in [-0.2, -0.15) is 0 Å². The van der Waals surface area contributed by atoms with E-state index >= 15 is 0 Å². The van der Waals surface area contributed by atoms with Crippen molar-refractivity contribution in [1.82, 2.24) is 0 Å². The Morgan fingerprint density at radius 3 is 2.42 bits per heavy atom. The van der Waals surface area contributed by atoms with Crippen LogP contribution in [0.25, 0.3) is 4.91 Å². The molecule has 0 bridgehead atoms. The first kappa shape index (κ1) is 16.9. The van der Waals surface area contributed by atoms with Gasteiger partial charge in [0, 0.05) is 4.91 Å². The van der Waals surface area contributed by atoms with Crippen LogP contribution in [0.5, 0.6) is 0 Å². The van der Waals surface area contributed by atoms with Crippen LogP contribution in [-0.2, 0) is 23.2 Å². The average Bonchev–Trinajstić information content (AvgIpc) is 3.13. The molecule has 0 N–H and O–H groups in total. The first-order valence-corrected chi connectivity index (χ1v) is 9.97. The standard InChI is InChI=1S/C17H16O5S2/c1-3-20-16(18)14-13-10-12(11-8-6-5-7-9-11)23-24(13)22-15(14)17(19)21-4-2/h5-10H,3-4H2,1-2H3. The molecule has 126 valence electrons. The molecule has 5 nitrogen and oxygen atoms in total. The van der Waals surface area contributed by atoms with Crippen molar-refractivity contribution in [2.45, 2.75) is 13.8 Å². The summed E-state index contributed by atoms with van der Waals surface area (Å²) in [5.74, 6) is -1.24. The van der Waals surface area contributed by atoms with Crippen molar-refractivity contribution in [1.29, 1.82) is 0 Å². The Kier molecular flexibility index (Phi) is 5.11. The van der Waals surface area contributed by atoms with Crippen LogP contribution in [-0.4, -0.2) is 30.0 Å². The third kappa shape index (κ3) is 3.14. The first-order valence-electron chi connectivity index (χ1n) is 7.49. The molecule has 1 atom stereocenters. The van der Waals surface area contributed by atoms with Gasteiger partial charge in [-0.05, 0) is 36.3 Å². The summed E-state index contributed by atoms with van der Waals surface area (Å²) in [7, 11) is 0.743. The zero-order valence-corrected chi connectivity index (χ0v) is 14.9. The lowest BCUT2D eigenvalue weighted by atomic mass is 10.1. The molecule has 7 heteroatoms. The van der Waals surface area contributed by atoms with Crippen LogP contribution in [0.1, 0.15) is 19.4 Å². The van der Waals surface area contributed by atoms with Crippen LogP contribution in [0.15, 0.2) is 47.7 Å². The van der Waals surface area contributed by atoms with Crippen molar-refractivity contribution in [2.24, 2.45) is 0 Å². The highest BCUT2D eigenvalue weighted by atomic mass is 33.1. The van der Waals surface area contributed by atoms with Gasteiger partial charge >= 0.3 is 11.9 Å². The molecule has 3 rings (SSSR count). The highest BCUT2D eigenvalue weighted by Crippen LogP contribution is 2.55. The van der Waals surface area contributed by atoms with E-state index in [4.69, 9.17) is 13.7 Å². The maximum atomic E-state index is 12.3. The van der Waals surface area contributed by atoms with Gasteiger partial charge < -0.3 is 13.7 Å². The van der Waals surface area contributed by atoms with Gasteiger partial charge in [0.15, 0.2) is 0 Å². The fourth-order valence-electron chi connectivity index (χ4n) is 2.23. The minimum absolute atomic E-state index is 0.0514. The van der Waals surface area contributed by atoms with Gasteiger partial charge in [-0.15, -0.1) is 0 Å². The first-order chi connectivity index (χ1) is 11.7. The van der Waals surface area contributed by atoms with Crippen LogP contribution >= 0.6 is 20.6 Å². The monoisotopic (exact) mass is 364 g/mol. The number of hydrogen-bond acceptors (Lipinski definition) is 6. The molecule has 0 aromatic heterocycles. The van der Waals surface area contributed by atoms with Crippen molar-refractivity contribution in [3.8, 4) is 0 Å². The lowest BCUT2D eigenvalue weighted by Crippen LogP contribution is -2.18. The van der Waals surface area contributed by atoms with E-state index in [1.807, 2.05) is 36.4 Å². The smallest absolute Gasteiger partial charge is 0.376 e. The summed E-state index contributed by atoms with van der Waals surface area (Å²) in [4.78, 5) is 26.1. The predicted octanol–water partition coefficient (Wildman–Crippen LogP) is 3.46. The zero-order chi connectivity index (χ0) is 17.1. The molecule has 0 radical (unpaired) electrons. The number of benzene rings is 1. The molecular weight excluding hydrogens is 348 g/mol. The zero-order valence-electron chi connectivity index (χ0n) is 13.2. The highest BCUT2D eigenvalue weighted by Gasteiger charge is 2.39. The molecule has 0 saturated carbocycles. The van der Waals surface area contributed by atoms with Crippen molar-refractivity contribution >= 4 is 42.3 Å². The maximum absolute atomic E-state index is 12.3. The SMILES string of the molecule is CCOC(=O)C1=C(C(=O)OCC)C2=S(O1)SC(c1ccccc1)=C2. The lowest BCUT2D eigenvalue weighted by Gasteiger charge is -2.09. The molecule has 0 fully saturated rings. The van der Waals surface area contributed by atoms with Crippen molar-refractivity contribution in [2.75, 3.05) is 13.2 Å². The van der Waals surface area contributed by atoms with Crippen LogP contribution in [0.3, 0.4) is 0 Å². The summed E-state index contributed by atoms with van der Waals surface area (Å²) < 4.78 is 15.8. The van der Waals surface area contributed by atoms with E-state index < -0.39 is 21.7 Å². The van der Waals surface area contributed by atoms with Crippen LogP contribution in [0.2, 0.25) is 0 Å². The fourth-order valence-corrected chi connectivity index (χ4v) is 5.83. The van der Waals surface area contributed by atoms with Gasteiger partial charge in [0.25, 0.3) is 0 Å². The van der Waals surface area contributed by atoms with E-state index in [0.717, 1.165) is 10.5 Å².